The monoisotopic (exact) mass is 288 g/mol. The average Bonchev–Trinajstić information content (AvgIpc) is 2.73. The summed E-state index contributed by atoms with van der Waals surface area (Å²) in [6.45, 7) is 8.43. The molecule has 2 rings (SSSR count). The summed E-state index contributed by atoms with van der Waals surface area (Å²) < 4.78 is 5.92. The van der Waals surface area contributed by atoms with E-state index in [0.717, 1.165) is 11.4 Å². The summed E-state index contributed by atoms with van der Waals surface area (Å²) >= 11 is 1.71. The van der Waals surface area contributed by atoms with Crippen LogP contribution in [-0.4, -0.2) is 15.3 Å². The number of hydrogen-bond donors (Lipinski definition) is 0. The maximum Gasteiger partial charge on any atom is 0.274 e. The predicted molar refractivity (Wildman–Crippen MR) is 85.6 cm³/mol. The second-order valence-corrected chi connectivity index (χ2v) is 7.68. The third kappa shape index (κ3) is 3.78. The van der Waals surface area contributed by atoms with Crippen LogP contribution in [0.5, 0.6) is 5.75 Å². The highest BCUT2D eigenvalue weighted by atomic mass is 32.1. The Bertz CT molecular complexity index is 590. The summed E-state index contributed by atoms with van der Waals surface area (Å²) in [5.41, 5.74) is 3.37. The normalized spacial score (nSPS) is 11.4. The zero-order valence-electron chi connectivity index (χ0n) is 11.7. The molecule has 99 valence electrons. The lowest BCUT2D eigenvalue weighted by atomic mass is 10.2. The molecule has 0 aliphatic carbocycles. The number of aliphatic imine (C=N–C) groups is 1. The number of hydrogen-bond acceptors (Lipinski definition) is 3. The minimum absolute atomic E-state index is 0.776. The number of benzene rings is 1. The molecule has 0 atom stereocenters. The summed E-state index contributed by atoms with van der Waals surface area (Å²) in [5.74, 6) is 0.893. The van der Waals surface area contributed by atoms with Gasteiger partial charge >= 0.3 is 0 Å². The molecule has 0 fully saturated rings. The first kappa shape index (κ1) is 14.0. The van der Waals surface area contributed by atoms with Crippen molar-refractivity contribution in [2.24, 2.45) is 4.99 Å². The largest absolute Gasteiger partial charge is 0.541 e. The second-order valence-electron chi connectivity index (χ2n) is 4.71. The van der Waals surface area contributed by atoms with Crippen molar-refractivity contribution >= 4 is 32.3 Å². The minimum Gasteiger partial charge on any atom is -0.541 e. The fraction of sp³-hybridized carbons (Fsp3) is 0.267. The van der Waals surface area contributed by atoms with Crippen molar-refractivity contribution in [3.05, 3.63) is 45.6 Å². The molecule has 0 N–H and O–H groups in total. The molecule has 0 amide bonds. The van der Waals surface area contributed by atoms with E-state index in [0.29, 0.717) is 0 Å². The van der Waals surface area contributed by atoms with Crippen molar-refractivity contribution in [3.8, 4) is 5.75 Å². The van der Waals surface area contributed by atoms with Gasteiger partial charge in [-0.05, 0) is 61.6 Å². The van der Waals surface area contributed by atoms with E-state index in [-0.39, 0.29) is 0 Å². The fourth-order valence-corrected chi connectivity index (χ4v) is 3.06. The third-order valence-corrected chi connectivity index (χ3v) is 4.23. The van der Waals surface area contributed by atoms with Crippen LogP contribution < -0.4 is 4.43 Å². The van der Waals surface area contributed by atoms with Crippen LogP contribution in [0.2, 0.25) is 13.1 Å². The standard InChI is InChI=1S/C15H18NOSSi/c1-11-5-6-13(14(9-11)17-19(3)4)16-10-15-12(2)7-8-18-15/h5-10H,1-4H3. The van der Waals surface area contributed by atoms with Crippen molar-refractivity contribution in [1.29, 1.82) is 0 Å². The summed E-state index contributed by atoms with van der Waals surface area (Å²) in [4.78, 5) is 5.78. The molecule has 1 aromatic carbocycles. The Hall–Kier alpha value is -1.39. The maximum atomic E-state index is 5.92. The summed E-state index contributed by atoms with van der Waals surface area (Å²) in [7, 11) is -0.776. The number of thiophene rings is 1. The first-order chi connectivity index (χ1) is 9.06. The van der Waals surface area contributed by atoms with Crippen LogP contribution in [0.1, 0.15) is 16.0 Å². The van der Waals surface area contributed by atoms with Crippen LogP contribution in [0, 0.1) is 13.8 Å². The van der Waals surface area contributed by atoms with Gasteiger partial charge in [-0.2, -0.15) is 0 Å². The lowest BCUT2D eigenvalue weighted by Gasteiger charge is -2.11. The number of nitrogens with zero attached hydrogens (tertiary/aromatic N) is 1. The molecule has 0 unspecified atom stereocenters. The summed E-state index contributed by atoms with van der Waals surface area (Å²) in [6.07, 6.45) is 1.93. The summed E-state index contributed by atoms with van der Waals surface area (Å²) in [6, 6.07) is 8.26. The molecule has 2 aromatic rings. The van der Waals surface area contributed by atoms with Crippen LogP contribution in [0.3, 0.4) is 0 Å². The molecule has 1 heterocycles. The lowest BCUT2D eigenvalue weighted by Crippen LogP contribution is -2.11. The van der Waals surface area contributed by atoms with Gasteiger partial charge in [-0.1, -0.05) is 6.07 Å². The van der Waals surface area contributed by atoms with Gasteiger partial charge in [-0.3, -0.25) is 4.99 Å². The van der Waals surface area contributed by atoms with Gasteiger partial charge < -0.3 is 4.43 Å². The Morgan fingerprint density at radius 3 is 2.63 bits per heavy atom. The molecular weight excluding hydrogens is 270 g/mol. The van der Waals surface area contributed by atoms with E-state index in [1.54, 1.807) is 11.3 Å². The van der Waals surface area contributed by atoms with Crippen molar-refractivity contribution in [2.45, 2.75) is 26.9 Å². The van der Waals surface area contributed by atoms with E-state index in [4.69, 9.17) is 4.43 Å². The van der Waals surface area contributed by atoms with Gasteiger partial charge in [-0.15, -0.1) is 11.3 Å². The number of aryl methyl sites for hydroxylation is 2. The highest BCUT2D eigenvalue weighted by molar-refractivity contribution is 7.11. The molecule has 2 nitrogen and oxygen atoms in total. The number of rotatable bonds is 4. The van der Waals surface area contributed by atoms with Gasteiger partial charge in [0, 0.05) is 11.1 Å². The quantitative estimate of drug-likeness (QED) is 0.588. The third-order valence-electron chi connectivity index (χ3n) is 2.65. The molecule has 0 saturated heterocycles. The van der Waals surface area contributed by atoms with E-state index >= 15 is 0 Å². The molecular formula is C15H18NOSSi. The Balaban J connectivity index is 2.29. The minimum atomic E-state index is -0.776. The Morgan fingerprint density at radius 2 is 2.00 bits per heavy atom. The van der Waals surface area contributed by atoms with Crippen LogP contribution in [0.15, 0.2) is 34.6 Å². The molecule has 0 aliphatic rings. The zero-order valence-corrected chi connectivity index (χ0v) is 13.5. The van der Waals surface area contributed by atoms with Crippen molar-refractivity contribution < 1.29 is 4.43 Å². The van der Waals surface area contributed by atoms with Gasteiger partial charge in [0.1, 0.15) is 11.4 Å². The van der Waals surface area contributed by atoms with Crippen LogP contribution in [0.4, 0.5) is 5.69 Å². The molecule has 1 radical (unpaired) electrons. The van der Waals surface area contributed by atoms with E-state index in [1.165, 1.54) is 16.0 Å². The molecule has 4 heteroatoms. The van der Waals surface area contributed by atoms with Crippen LogP contribution >= 0.6 is 11.3 Å². The predicted octanol–water partition coefficient (Wildman–Crippen LogP) is 4.75. The smallest absolute Gasteiger partial charge is 0.274 e. The lowest BCUT2D eigenvalue weighted by molar-refractivity contribution is 0.581. The Labute approximate surface area is 120 Å². The first-order valence-corrected chi connectivity index (χ1v) is 9.52. The Kier molecular flexibility index (Phi) is 4.55. The molecule has 0 aliphatic heterocycles. The zero-order chi connectivity index (χ0) is 13.8. The topological polar surface area (TPSA) is 21.6 Å². The molecule has 1 aromatic heterocycles. The van der Waals surface area contributed by atoms with Gasteiger partial charge in [0.05, 0.1) is 0 Å². The van der Waals surface area contributed by atoms with Crippen molar-refractivity contribution in [3.63, 3.8) is 0 Å². The van der Waals surface area contributed by atoms with Gasteiger partial charge in [0.25, 0.3) is 9.04 Å². The van der Waals surface area contributed by atoms with E-state index in [1.807, 2.05) is 12.3 Å². The summed E-state index contributed by atoms with van der Waals surface area (Å²) in [5, 5.41) is 2.09. The van der Waals surface area contributed by atoms with E-state index < -0.39 is 9.04 Å². The average molecular weight is 288 g/mol. The second kappa shape index (κ2) is 6.17. The molecule has 0 saturated carbocycles. The molecule has 0 spiro atoms. The molecule has 0 bridgehead atoms. The van der Waals surface area contributed by atoms with Gasteiger partial charge in [-0.25, -0.2) is 0 Å². The highest BCUT2D eigenvalue weighted by Crippen LogP contribution is 2.29. The van der Waals surface area contributed by atoms with Crippen molar-refractivity contribution in [1.82, 2.24) is 0 Å². The van der Waals surface area contributed by atoms with E-state index in [2.05, 4.69) is 55.5 Å². The fourth-order valence-electron chi connectivity index (χ4n) is 1.67. The van der Waals surface area contributed by atoms with Crippen LogP contribution in [0.25, 0.3) is 0 Å². The van der Waals surface area contributed by atoms with Crippen molar-refractivity contribution in [2.75, 3.05) is 0 Å². The van der Waals surface area contributed by atoms with Crippen LogP contribution in [-0.2, 0) is 0 Å². The first-order valence-electron chi connectivity index (χ1n) is 6.23. The molecule has 19 heavy (non-hydrogen) atoms. The van der Waals surface area contributed by atoms with E-state index in [9.17, 15) is 0 Å². The van der Waals surface area contributed by atoms with Gasteiger partial charge in [0.2, 0.25) is 0 Å². The maximum absolute atomic E-state index is 5.92. The SMILES string of the molecule is Cc1ccc(N=Cc2sccc2C)c(O[Si](C)C)c1. The Morgan fingerprint density at radius 1 is 1.21 bits per heavy atom. The van der Waals surface area contributed by atoms with Gasteiger partial charge in [0.15, 0.2) is 0 Å². The highest BCUT2D eigenvalue weighted by Gasteiger charge is 2.06.